The van der Waals surface area contributed by atoms with Gasteiger partial charge in [0.25, 0.3) is 0 Å². The molecule has 23 heavy (non-hydrogen) atoms. The molecule has 3 amide bonds. The van der Waals surface area contributed by atoms with Gasteiger partial charge in [0.2, 0.25) is 5.91 Å². The molecular formula is C15H18ClN3O4. The van der Waals surface area contributed by atoms with E-state index >= 15 is 0 Å². The number of carbonyl (C=O) groups is 3. The first-order valence-electron chi connectivity index (χ1n) is 7.15. The Kier molecular flexibility index (Phi) is 5.44. The van der Waals surface area contributed by atoms with Crippen molar-refractivity contribution in [1.82, 2.24) is 4.90 Å². The number of anilines is 1. The molecule has 1 aliphatic rings. The first kappa shape index (κ1) is 17.1. The van der Waals surface area contributed by atoms with Crippen LogP contribution in [0.3, 0.4) is 0 Å². The topological polar surface area (TPSA) is 102 Å². The molecule has 0 saturated carbocycles. The number of methoxy groups -OCH3 is 1. The van der Waals surface area contributed by atoms with E-state index in [1.165, 1.54) is 18.1 Å². The Morgan fingerprint density at radius 1 is 1.30 bits per heavy atom. The van der Waals surface area contributed by atoms with E-state index in [2.05, 4.69) is 5.32 Å². The van der Waals surface area contributed by atoms with Crippen LogP contribution in [0.25, 0.3) is 0 Å². The van der Waals surface area contributed by atoms with Crippen molar-refractivity contribution in [3.63, 3.8) is 0 Å². The summed E-state index contributed by atoms with van der Waals surface area (Å²) < 4.78 is 5.12. The third-order valence-electron chi connectivity index (χ3n) is 3.79. The van der Waals surface area contributed by atoms with Crippen LogP contribution >= 0.6 is 11.6 Å². The Bertz CT molecular complexity index is 627. The van der Waals surface area contributed by atoms with E-state index in [0.717, 1.165) is 0 Å². The molecule has 0 radical (unpaired) electrons. The minimum atomic E-state index is -0.775. The predicted molar refractivity (Wildman–Crippen MR) is 85.1 cm³/mol. The fraction of sp³-hybridized carbons (Fsp3) is 0.400. The van der Waals surface area contributed by atoms with Crippen LogP contribution in [-0.2, 0) is 14.4 Å². The molecule has 1 aromatic rings. The summed E-state index contributed by atoms with van der Waals surface area (Å²) in [7, 11) is 1.45. The number of ether oxygens (including phenoxy) is 1. The van der Waals surface area contributed by atoms with Gasteiger partial charge in [-0.2, -0.15) is 0 Å². The summed E-state index contributed by atoms with van der Waals surface area (Å²) in [5, 5.41) is 2.91. The minimum absolute atomic E-state index is 0.241. The highest BCUT2D eigenvalue weighted by molar-refractivity contribution is 6.40. The van der Waals surface area contributed by atoms with Gasteiger partial charge in [0.15, 0.2) is 0 Å². The number of likely N-dealkylation sites (tertiary alicyclic amines) is 1. The van der Waals surface area contributed by atoms with Gasteiger partial charge in [-0.3, -0.25) is 14.4 Å². The van der Waals surface area contributed by atoms with E-state index in [-0.39, 0.29) is 11.8 Å². The largest absolute Gasteiger partial charge is 0.495 e. The van der Waals surface area contributed by atoms with Crippen LogP contribution < -0.4 is 15.8 Å². The van der Waals surface area contributed by atoms with E-state index in [1.807, 2.05) is 0 Å². The lowest BCUT2D eigenvalue weighted by Crippen LogP contribution is -2.46. The first-order chi connectivity index (χ1) is 10.9. The number of piperidine rings is 1. The Hall–Kier alpha value is -2.28. The van der Waals surface area contributed by atoms with Crippen LogP contribution in [0.1, 0.15) is 12.8 Å². The van der Waals surface area contributed by atoms with Crippen molar-refractivity contribution in [2.75, 3.05) is 25.5 Å². The van der Waals surface area contributed by atoms with Gasteiger partial charge < -0.3 is 20.7 Å². The highest BCUT2D eigenvalue weighted by Crippen LogP contribution is 2.27. The molecule has 8 heteroatoms. The molecule has 124 valence electrons. The van der Waals surface area contributed by atoms with Crippen LogP contribution in [0.2, 0.25) is 5.02 Å². The fourth-order valence-corrected chi connectivity index (χ4v) is 2.64. The Balaban J connectivity index is 2.00. The number of halogens is 1. The van der Waals surface area contributed by atoms with Gasteiger partial charge >= 0.3 is 11.8 Å². The average molecular weight is 340 g/mol. The number of carbonyl (C=O) groups excluding carboxylic acids is 3. The SMILES string of the molecule is COc1ccc(Cl)cc1NC(=O)C(=O)N1CCC(C(N)=O)CC1. The Morgan fingerprint density at radius 2 is 1.96 bits per heavy atom. The monoisotopic (exact) mass is 339 g/mol. The number of primary amides is 1. The van der Waals surface area contributed by atoms with Gasteiger partial charge in [0.1, 0.15) is 5.75 Å². The van der Waals surface area contributed by atoms with Crippen LogP contribution in [0, 0.1) is 5.92 Å². The van der Waals surface area contributed by atoms with E-state index in [1.54, 1.807) is 12.1 Å². The molecule has 3 N–H and O–H groups in total. The van der Waals surface area contributed by atoms with E-state index in [9.17, 15) is 14.4 Å². The maximum absolute atomic E-state index is 12.2. The number of hydrogen-bond acceptors (Lipinski definition) is 4. The zero-order chi connectivity index (χ0) is 17.0. The molecular weight excluding hydrogens is 322 g/mol. The van der Waals surface area contributed by atoms with Crippen LogP contribution in [-0.4, -0.2) is 42.8 Å². The number of amides is 3. The molecule has 1 heterocycles. The summed E-state index contributed by atoms with van der Waals surface area (Å²) >= 11 is 5.89. The molecule has 1 aromatic carbocycles. The molecule has 1 aliphatic heterocycles. The lowest BCUT2D eigenvalue weighted by Gasteiger charge is -2.30. The maximum atomic E-state index is 12.2. The van der Waals surface area contributed by atoms with Gasteiger partial charge in [-0.15, -0.1) is 0 Å². The molecule has 2 rings (SSSR count). The Morgan fingerprint density at radius 3 is 2.52 bits per heavy atom. The zero-order valence-corrected chi connectivity index (χ0v) is 13.4. The smallest absolute Gasteiger partial charge is 0.314 e. The third kappa shape index (κ3) is 4.13. The summed E-state index contributed by atoms with van der Waals surface area (Å²) in [4.78, 5) is 36.8. The van der Waals surface area contributed by atoms with Crippen LogP contribution in [0.5, 0.6) is 5.75 Å². The van der Waals surface area contributed by atoms with Gasteiger partial charge in [0.05, 0.1) is 12.8 Å². The number of nitrogens with one attached hydrogen (secondary N) is 1. The van der Waals surface area contributed by atoms with Gasteiger partial charge in [-0.25, -0.2) is 0 Å². The molecule has 7 nitrogen and oxygen atoms in total. The fourth-order valence-electron chi connectivity index (χ4n) is 2.46. The van der Waals surface area contributed by atoms with Gasteiger partial charge in [-0.05, 0) is 31.0 Å². The van der Waals surface area contributed by atoms with Crippen molar-refractivity contribution in [3.05, 3.63) is 23.2 Å². The van der Waals surface area contributed by atoms with Crippen molar-refractivity contribution in [1.29, 1.82) is 0 Å². The van der Waals surface area contributed by atoms with Crippen molar-refractivity contribution in [3.8, 4) is 5.75 Å². The quantitative estimate of drug-likeness (QED) is 0.802. The van der Waals surface area contributed by atoms with Crippen molar-refractivity contribution < 1.29 is 19.1 Å². The average Bonchev–Trinajstić information content (AvgIpc) is 2.54. The van der Waals surface area contributed by atoms with E-state index in [4.69, 9.17) is 22.1 Å². The van der Waals surface area contributed by atoms with Crippen molar-refractivity contribution in [2.24, 2.45) is 11.7 Å². The molecule has 1 fully saturated rings. The van der Waals surface area contributed by atoms with Crippen LogP contribution in [0.4, 0.5) is 5.69 Å². The summed E-state index contributed by atoms with van der Waals surface area (Å²) in [6.45, 7) is 0.652. The van der Waals surface area contributed by atoms with Crippen molar-refractivity contribution >= 4 is 35.0 Å². The number of rotatable bonds is 3. The second-order valence-corrected chi connectivity index (χ2v) is 5.70. The van der Waals surface area contributed by atoms with Gasteiger partial charge in [-0.1, -0.05) is 11.6 Å². The lowest BCUT2D eigenvalue weighted by molar-refractivity contribution is -0.144. The molecule has 0 atom stereocenters. The van der Waals surface area contributed by atoms with Gasteiger partial charge in [0, 0.05) is 24.0 Å². The van der Waals surface area contributed by atoms with Crippen LogP contribution in [0.15, 0.2) is 18.2 Å². The maximum Gasteiger partial charge on any atom is 0.314 e. The number of benzene rings is 1. The standard InChI is InChI=1S/C15H18ClN3O4/c1-23-12-3-2-10(16)8-11(12)18-14(21)15(22)19-6-4-9(5-7-19)13(17)20/h2-3,8-9H,4-7H2,1H3,(H2,17,20)(H,18,21). The predicted octanol–water partition coefficient (Wildman–Crippen LogP) is 1.01. The molecule has 0 unspecified atom stereocenters. The summed E-state index contributed by atoms with van der Waals surface area (Å²) in [5.41, 5.74) is 5.57. The summed E-state index contributed by atoms with van der Waals surface area (Å²) in [6.07, 6.45) is 0.934. The van der Waals surface area contributed by atoms with Crippen molar-refractivity contribution in [2.45, 2.75) is 12.8 Å². The molecule has 1 saturated heterocycles. The molecule has 0 spiro atoms. The van der Waals surface area contributed by atoms with E-state index < -0.39 is 11.8 Å². The number of nitrogens with zero attached hydrogens (tertiary/aromatic N) is 1. The zero-order valence-electron chi connectivity index (χ0n) is 12.7. The number of hydrogen-bond donors (Lipinski definition) is 2. The molecule has 0 bridgehead atoms. The van der Waals surface area contributed by atoms with E-state index in [0.29, 0.717) is 42.4 Å². The second-order valence-electron chi connectivity index (χ2n) is 5.27. The summed E-state index contributed by atoms with van der Waals surface area (Å²) in [5.74, 6) is -1.64. The Labute approximate surface area is 138 Å². The minimum Gasteiger partial charge on any atom is -0.495 e. The first-order valence-corrected chi connectivity index (χ1v) is 7.53. The molecule has 0 aromatic heterocycles. The lowest BCUT2D eigenvalue weighted by atomic mass is 9.96. The second kappa shape index (κ2) is 7.32. The highest BCUT2D eigenvalue weighted by Gasteiger charge is 2.29. The highest BCUT2D eigenvalue weighted by atomic mass is 35.5. The molecule has 0 aliphatic carbocycles. The third-order valence-corrected chi connectivity index (χ3v) is 4.02. The normalized spacial score (nSPS) is 15.1. The summed E-state index contributed by atoms with van der Waals surface area (Å²) in [6, 6.07) is 4.72. The number of nitrogens with two attached hydrogens (primary N) is 1.